The van der Waals surface area contributed by atoms with E-state index in [1.165, 1.54) is 40.0 Å². The quantitative estimate of drug-likeness (QED) is 0.852. The molecule has 6 heteroatoms. The first-order chi connectivity index (χ1) is 9.10. The molecule has 1 aliphatic carbocycles. The van der Waals surface area contributed by atoms with Gasteiger partial charge in [-0.2, -0.15) is 0 Å². The van der Waals surface area contributed by atoms with Crippen molar-refractivity contribution in [3.05, 3.63) is 23.2 Å². The van der Waals surface area contributed by atoms with E-state index in [0.29, 0.717) is 5.13 Å². The summed E-state index contributed by atoms with van der Waals surface area (Å²) in [6.45, 7) is 3.39. The maximum atomic E-state index is 11.8. The Bertz CT molecular complexity index is 486. The number of anilines is 1. The van der Waals surface area contributed by atoms with Gasteiger partial charge in [0.25, 0.3) is 0 Å². The molecule has 0 radical (unpaired) electrons. The van der Waals surface area contributed by atoms with Gasteiger partial charge < -0.3 is 10.2 Å². The predicted molar refractivity (Wildman–Crippen MR) is 75.2 cm³/mol. The van der Waals surface area contributed by atoms with Crippen LogP contribution in [0.5, 0.6) is 0 Å². The molecule has 1 heterocycles. The predicted octanol–water partition coefficient (Wildman–Crippen LogP) is 1.60. The summed E-state index contributed by atoms with van der Waals surface area (Å²) in [7, 11) is 1.57. The van der Waals surface area contributed by atoms with Crippen LogP contribution in [0.25, 0.3) is 0 Å². The fourth-order valence-corrected chi connectivity index (χ4v) is 3.08. The van der Waals surface area contributed by atoms with Gasteiger partial charge in [0, 0.05) is 11.9 Å². The number of hydrogen-bond acceptors (Lipinski definition) is 4. The highest BCUT2D eigenvalue weighted by Gasteiger charge is 2.17. The van der Waals surface area contributed by atoms with Crippen molar-refractivity contribution >= 4 is 28.3 Å². The molecule has 0 saturated carbocycles. The zero-order valence-corrected chi connectivity index (χ0v) is 11.8. The van der Waals surface area contributed by atoms with Crippen LogP contribution in [-0.4, -0.2) is 35.3 Å². The van der Waals surface area contributed by atoms with E-state index < -0.39 is 0 Å². The molecule has 102 valence electrons. The van der Waals surface area contributed by atoms with E-state index in [-0.39, 0.29) is 18.4 Å². The molecule has 0 aromatic carbocycles. The van der Waals surface area contributed by atoms with Crippen molar-refractivity contribution in [1.29, 1.82) is 0 Å². The van der Waals surface area contributed by atoms with Crippen LogP contribution < -0.4 is 5.32 Å². The Hall–Kier alpha value is -1.69. The Morgan fingerprint density at radius 1 is 1.47 bits per heavy atom. The van der Waals surface area contributed by atoms with Crippen LogP contribution in [0, 0.1) is 0 Å². The average Bonchev–Trinajstić information content (AvgIpc) is 2.79. The molecule has 1 aliphatic rings. The number of nitrogens with one attached hydrogen (secondary N) is 1. The summed E-state index contributed by atoms with van der Waals surface area (Å²) in [5, 5.41) is 3.38. The number of amides is 2. The Morgan fingerprint density at radius 3 is 2.89 bits per heavy atom. The monoisotopic (exact) mass is 279 g/mol. The molecule has 1 aromatic heterocycles. The van der Waals surface area contributed by atoms with Crippen molar-refractivity contribution in [3.8, 4) is 0 Å². The van der Waals surface area contributed by atoms with E-state index >= 15 is 0 Å². The number of aromatic nitrogens is 1. The van der Waals surface area contributed by atoms with E-state index in [9.17, 15) is 9.59 Å². The lowest BCUT2D eigenvalue weighted by molar-refractivity contribution is -0.129. The van der Waals surface area contributed by atoms with Crippen molar-refractivity contribution < 1.29 is 9.59 Å². The molecule has 0 aliphatic heterocycles. The van der Waals surface area contributed by atoms with E-state index in [0.717, 1.165) is 18.5 Å². The summed E-state index contributed by atoms with van der Waals surface area (Å²) in [4.78, 5) is 30.1. The van der Waals surface area contributed by atoms with Gasteiger partial charge in [-0.1, -0.05) is 6.58 Å². The molecule has 2 rings (SSSR count). The number of fused-ring (bicyclic) bond motifs is 1. The number of carbonyl (C=O) groups excluding carboxylic acids is 2. The summed E-state index contributed by atoms with van der Waals surface area (Å²) in [6.07, 6.45) is 5.60. The third kappa shape index (κ3) is 3.41. The Labute approximate surface area is 116 Å². The first kappa shape index (κ1) is 13.7. The number of hydrogen-bond donors (Lipinski definition) is 1. The van der Waals surface area contributed by atoms with Gasteiger partial charge in [0.1, 0.15) is 0 Å². The summed E-state index contributed by atoms with van der Waals surface area (Å²) in [6, 6.07) is 0. The van der Waals surface area contributed by atoms with Gasteiger partial charge in [-0.15, -0.1) is 11.3 Å². The van der Waals surface area contributed by atoms with Crippen molar-refractivity contribution in [1.82, 2.24) is 9.88 Å². The number of thiazole rings is 1. The molecule has 5 nitrogen and oxygen atoms in total. The van der Waals surface area contributed by atoms with E-state index in [1.807, 2.05) is 0 Å². The Kier molecular flexibility index (Phi) is 4.31. The van der Waals surface area contributed by atoms with Crippen molar-refractivity contribution in [2.75, 3.05) is 18.9 Å². The topological polar surface area (TPSA) is 62.3 Å². The van der Waals surface area contributed by atoms with E-state index in [2.05, 4.69) is 16.9 Å². The maximum Gasteiger partial charge on any atom is 0.246 e. The second kappa shape index (κ2) is 5.97. The fourth-order valence-electron chi connectivity index (χ4n) is 2.01. The van der Waals surface area contributed by atoms with Gasteiger partial charge in [-0.25, -0.2) is 4.98 Å². The minimum atomic E-state index is -0.270. The molecule has 0 atom stereocenters. The van der Waals surface area contributed by atoms with Gasteiger partial charge in [0.05, 0.1) is 12.2 Å². The lowest BCUT2D eigenvalue weighted by Crippen LogP contribution is -2.33. The highest BCUT2D eigenvalue weighted by Crippen LogP contribution is 2.29. The number of likely N-dealkylation sites (N-methyl/N-ethyl adjacent to an activating group) is 1. The molecule has 2 amide bonds. The van der Waals surface area contributed by atoms with Crippen molar-refractivity contribution in [2.24, 2.45) is 0 Å². The zero-order chi connectivity index (χ0) is 13.8. The highest BCUT2D eigenvalue weighted by molar-refractivity contribution is 7.15. The molecule has 0 unspecified atom stereocenters. The first-order valence-corrected chi connectivity index (χ1v) is 7.07. The van der Waals surface area contributed by atoms with E-state index in [4.69, 9.17) is 0 Å². The lowest BCUT2D eigenvalue weighted by Gasteiger charge is -2.13. The smallest absolute Gasteiger partial charge is 0.246 e. The van der Waals surface area contributed by atoms with Crippen LogP contribution in [0.2, 0.25) is 0 Å². The van der Waals surface area contributed by atoms with Crippen LogP contribution in [0.1, 0.15) is 23.4 Å². The third-order valence-corrected chi connectivity index (χ3v) is 4.10. The van der Waals surface area contributed by atoms with E-state index in [1.54, 1.807) is 7.05 Å². The van der Waals surface area contributed by atoms with Gasteiger partial charge in [0.2, 0.25) is 11.8 Å². The minimum absolute atomic E-state index is 0.00903. The number of nitrogens with zero attached hydrogens (tertiary/aromatic N) is 2. The van der Waals surface area contributed by atoms with Crippen LogP contribution >= 0.6 is 11.3 Å². The second-order valence-corrected chi connectivity index (χ2v) is 5.63. The summed E-state index contributed by atoms with van der Waals surface area (Å²) >= 11 is 1.54. The molecular weight excluding hydrogens is 262 g/mol. The molecule has 19 heavy (non-hydrogen) atoms. The molecule has 1 N–H and O–H groups in total. The molecule has 1 aromatic rings. The van der Waals surface area contributed by atoms with Crippen LogP contribution in [0.3, 0.4) is 0 Å². The first-order valence-electron chi connectivity index (χ1n) is 6.26. The summed E-state index contributed by atoms with van der Waals surface area (Å²) in [5.74, 6) is -0.502. The molecule has 0 fully saturated rings. The SMILES string of the molecule is C=CC(=O)N(C)CC(=O)Nc1nc2c(s1)CCCC2. The molecule has 0 bridgehead atoms. The van der Waals surface area contributed by atoms with Crippen LogP contribution in [0.15, 0.2) is 12.7 Å². The minimum Gasteiger partial charge on any atom is -0.333 e. The molecule has 0 spiro atoms. The zero-order valence-electron chi connectivity index (χ0n) is 10.9. The average molecular weight is 279 g/mol. The Morgan fingerprint density at radius 2 is 2.21 bits per heavy atom. The van der Waals surface area contributed by atoms with Crippen LogP contribution in [-0.2, 0) is 22.4 Å². The largest absolute Gasteiger partial charge is 0.333 e. The van der Waals surface area contributed by atoms with Gasteiger partial charge in [-0.05, 0) is 31.8 Å². The normalized spacial score (nSPS) is 13.5. The second-order valence-electron chi connectivity index (χ2n) is 4.54. The number of rotatable bonds is 4. The summed E-state index contributed by atoms with van der Waals surface area (Å²) in [5.41, 5.74) is 1.11. The highest BCUT2D eigenvalue weighted by atomic mass is 32.1. The number of carbonyl (C=O) groups is 2. The molecule has 0 saturated heterocycles. The van der Waals surface area contributed by atoms with Crippen molar-refractivity contribution in [2.45, 2.75) is 25.7 Å². The van der Waals surface area contributed by atoms with Crippen molar-refractivity contribution in [3.63, 3.8) is 0 Å². The summed E-state index contributed by atoms with van der Waals surface area (Å²) < 4.78 is 0. The standard InChI is InChI=1S/C13H17N3O2S/c1-3-12(18)16(2)8-11(17)15-13-14-9-6-4-5-7-10(9)19-13/h3H,1,4-8H2,2H3,(H,14,15,17). The lowest BCUT2D eigenvalue weighted by atomic mass is 10.0. The Balaban J connectivity index is 1.93. The molecular formula is C13H17N3O2S. The van der Waals surface area contributed by atoms with Gasteiger partial charge in [-0.3, -0.25) is 9.59 Å². The maximum absolute atomic E-state index is 11.8. The fraction of sp³-hybridized carbons (Fsp3) is 0.462. The number of aryl methyl sites for hydroxylation is 2. The van der Waals surface area contributed by atoms with Crippen LogP contribution in [0.4, 0.5) is 5.13 Å². The van der Waals surface area contributed by atoms with Gasteiger partial charge >= 0.3 is 0 Å². The third-order valence-electron chi connectivity index (χ3n) is 3.02. The van der Waals surface area contributed by atoms with Gasteiger partial charge in [0.15, 0.2) is 5.13 Å².